The molecule has 5 atom stereocenters. The second kappa shape index (κ2) is 8.31. The van der Waals surface area contributed by atoms with Crippen LogP contribution in [-0.4, -0.2) is 31.5 Å². The number of unbranched alkanes of at least 4 members (excludes halogenated alkanes) is 1. The Hall–Kier alpha value is -0.410. The number of nitrogens with one attached hydrogen (secondary N) is 2. The van der Waals surface area contributed by atoms with Crippen molar-refractivity contribution < 1.29 is 4.79 Å². The Balaban J connectivity index is 1.73. The van der Waals surface area contributed by atoms with Gasteiger partial charge in [-0.1, -0.05) is 45.4 Å². The molecular formula is C21H38N2O. The second-order valence-corrected chi connectivity index (χ2v) is 8.82. The molecule has 0 aromatic carbocycles. The van der Waals surface area contributed by atoms with Gasteiger partial charge < -0.3 is 10.6 Å². The van der Waals surface area contributed by atoms with E-state index >= 15 is 0 Å². The number of rotatable bonds is 5. The smallest absolute Gasteiger partial charge is 0.157 e. The van der Waals surface area contributed by atoms with Crippen LogP contribution in [-0.2, 0) is 4.79 Å². The summed E-state index contributed by atoms with van der Waals surface area (Å²) in [7, 11) is 2.01. The van der Waals surface area contributed by atoms with Crippen molar-refractivity contribution in [2.75, 3.05) is 13.6 Å². The van der Waals surface area contributed by atoms with E-state index in [1.54, 1.807) is 0 Å². The maximum absolute atomic E-state index is 13.4. The molecule has 3 fully saturated rings. The normalized spacial score (nSPS) is 40.3. The summed E-state index contributed by atoms with van der Waals surface area (Å²) in [5.41, 5.74) is -0.0824. The van der Waals surface area contributed by atoms with Crippen molar-refractivity contribution in [3.63, 3.8) is 0 Å². The van der Waals surface area contributed by atoms with Gasteiger partial charge in [-0.15, -0.1) is 0 Å². The Bertz CT molecular complexity index is 420. The second-order valence-electron chi connectivity index (χ2n) is 8.82. The Morgan fingerprint density at radius 2 is 1.79 bits per heavy atom. The van der Waals surface area contributed by atoms with E-state index < -0.39 is 0 Å². The third-order valence-corrected chi connectivity index (χ3v) is 7.38. The molecular weight excluding hydrogens is 296 g/mol. The van der Waals surface area contributed by atoms with E-state index in [1.807, 2.05) is 7.05 Å². The average Bonchev–Trinajstić information content (AvgIpc) is 2.81. The molecule has 5 unspecified atom stereocenters. The summed E-state index contributed by atoms with van der Waals surface area (Å²) in [6, 6.07) is 0.582. The topological polar surface area (TPSA) is 41.1 Å². The van der Waals surface area contributed by atoms with E-state index in [9.17, 15) is 4.79 Å². The molecule has 0 radical (unpaired) electrons. The first-order chi connectivity index (χ1) is 11.7. The number of carbonyl (C=O) groups excluding carboxylic acids is 1. The van der Waals surface area contributed by atoms with Crippen LogP contribution in [0.25, 0.3) is 0 Å². The summed E-state index contributed by atoms with van der Waals surface area (Å²) in [6.07, 6.45) is 15.5. The van der Waals surface area contributed by atoms with Crippen LogP contribution in [0.15, 0.2) is 0 Å². The predicted molar refractivity (Wildman–Crippen MR) is 100 cm³/mol. The number of hydrogen-bond acceptors (Lipinski definition) is 3. The van der Waals surface area contributed by atoms with Gasteiger partial charge >= 0.3 is 0 Å². The zero-order chi connectivity index (χ0) is 17.0. The highest BCUT2D eigenvalue weighted by Crippen LogP contribution is 2.52. The van der Waals surface area contributed by atoms with E-state index in [0.29, 0.717) is 17.7 Å². The van der Waals surface area contributed by atoms with E-state index in [1.165, 1.54) is 64.2 Å². The van der Waals surface area contributed by atoms with Gasteiger partial charge in [-0.05, 0) is 64.0 Å². The van der Waals surface area contributed by atoms with Gasteiger partial charge in [-0.25, -0.2) is 0 Å². The lowest BCUT2D eigenvalue weighted by Gasteiger charge is -2.46. The largest absolute Gasteiger partial charge is 0.320 e. The zero-order valence-corrected chi connectivity index (χ0v) is 15.9. The molecule has 3 nitrogen and oxygen atoms in total. The summed E-state index contributed by atoms with van der Waals surface area (Å²) in [6.45, 7) is 3.39. The number of Topliss-reactive ketones (excluding diaryl/α,β-unsaturated/α-hetero) is 1. The van der Waals surface area contributed by atoms with Crippen molar-refractivity contribution in [3.8, 4) is 0 Å². The van der Waals surface area contributed by atoms with Gasteiger partial charge in [-0.3, -0.25) is 4.79 Å². The van der Waals surface area contributed by atoms with Crippen molar-refractivity contribution in [2.45, 2.75) is 96.1 Å². The molecule has 24 heavy (non-hydrogen) atoms. The molecule has 1 saturated heterocycles. The molecule has 138 valence electrons. The Labute approximate surface area is 148 Å². The van der Waals surface area contributed by atoms with Crippen LogP contribution in [0.4, 0.5) is 0 Å². The van der Waals surface area contributed by atoms with Gasteiger partial charge in [-0.2, -0.15) is 0 Å². The summed E-state index contributed by atoms with van der Waals surface area (Å²) in [5, 5.41) is 7.07. The summed E-state index contributed by atoms with van der Waals surface area (Å²) in [4.78, 5) is 13.4. The van der Waals surface area contributed by atoms with Crippen molar-refractivity contribution in [2.24, 2.45) is 17.3 Å². The van der Waals surface area contributed by atoms with Crippen LogP contribution < -0.4 is 10.6 Å². The number of carbonyl (C=O) groups is 1. The van der Waals surface area contributed by atoms with E-state index in [4.69, 9.17) is 0 Å². The third-order valence-electron chi connectivity index (χ3n) is 7.38. The van der Waals surface area contributed by atoms with Crippen molar-refractivity contribution in [1.29, 1.82) is 0 Å². The fourth-order valence-corrected chi connectivity index (χ4v) is 5.90. The highest BCUT2D eigenvalue weighted by atomic mass is 16.1. The zero-order valence-electron chi connectivity index (χ0n) is 15.9. The van der Waals surface area contributed by atoms with Gasteiger partial charge in [0.1, 0.15) is 0 Å². The highest BCUT2D eigenvalue weighted by Gasteiger charge is 2.58. The molecule has 1 aliphatic heterocycles. The van der Waals surface area contributed by atoms with Crippen LogP contribution in [0.1, 0.15) is 84.0 Å². The van der Waals surface area contributed by atoms with Gasteiger partial charge in [0, 0.05) is 11.5 Å². The van der Waals surface area contributed by atoms with Gasteiger partial charge in [0.25, 0.3) is 0 Å². The summed E-state index contributed by atoms with van der Waals surface area (Å²) in [5.74, 6) is 1.92. The molecule has 0 spiro atoms. The standard InChI is InChI=1S/C21H38N2O/c1-21-17-11-7-5-3-4-6-10-16(13-14-17)19(21)23-18(20(21)24)12-8-9-15-22-2/h16-19,22-23H,3-15H2,1-2H3. The number of hydrogen-bond donors (Lipinski definition) is 2. The van der Waals surface area contributed by atoms with Gasteiger partial charge in [0.2, 0.25) is 0 Å². The SMILES string of the molecule is CNCCCCC1NC2C3CCCCCCCC(CC3)C2(C)C1=O. The predicted octanol–water partition coefficient (Wildman–Crippen LogP) is 4.06. The summed E-state index contributed by atoms with van der Waals surface area (Å²) >= 11 is 0. The Morgan fingerprint density at radius 3 is 2.58 bits per heavy atom. The lowest BCUT2D eigenvalue weighted by atomic mass is 9.58. The van der Waals surface area contributed by atoms with Crippen LogP contribution in [0.3, 0.4) is 0 Å². The first-order valence-corrected chi connectivity index (χ1v) is 10.6. The molecule has 0 aromatic heterocycles. The third kappa shape index (κ3) is 3.58. The molecule has 2 saturated carbocycles. The highest BCUT2D eigenvalue weighted by molar-refractivity contribution is 5.93. The average molecular weight is 335 g/mol. The maximum atomic E-state index is 13.4. The Morgan fingerprint density at radius 1 is 1.04 bits per heavy atom. The van der Waals surface area contributed by atoms with Crippen molar-refractivity contribution in [3.05, 3.63) is 0 Å². The molecule has 3 heteroatoms. The van der Waals surface area contributed by atoms with E-state index in [2.05, 4.69) is 17.6 Å². The Kier molecular flexibility index (Phi) is 6.37. The minimum Gasteiger partial charge on any atom is -0.320 e. The lowest BCUT2D eigenvalue weighted by Crippen LogP contribution is -2.51. The molecule has 2 bridgehead atoms. The molecule has 2 aliphatic carbocycles. The van der Waals surface area contributed by atoms with Gasteiger partial charge in [0.05, 0.1) is 6.04 Å². The van der Waals surface area contributed by atoms with Crippen molar-refractivity contribution in [1.82, 2.24) is 10.6 Å². The molecule has 3 aliphatic rings. The monoisotopic (exact) mass is 334 g/mol. The first-order valence-electron chi connectivity index (χ1n) is 10.6. The van der Waals surface area contributed by atoms with E-state index in [0.717, 1.165) is 25.3 Å². The van der Waals surface area contributed by atoms with Crippen LogP contribution in [0.5, 0.6) is 0 Å². The van der Waals surface area contributed by atoms with Crippen LogP contribution in [0.2, 0.25) is 0 Å². The molecule has 3 rings (SSSR count). The fraction of sp³-hybridized carbons (Fsp3) is 0.952. The molecule has 0 aromatic rings. The van der Waals surface area contributed by atoms with Crippen LogP contribution in [0, 0.1) is 17.3 Å². The first kappa shape index (κ1) is 18.4. The fourth-order valence-electron chi connectivity index (χ4n) is 5.90. The van der Waals surface area contributed by atoms with Crippen LogP contribution >= 0.6 is 0 Å². The van der Waals surface area contributed by atoms with E-state index in [-0.39, 0.29) is 11.5 Å². The summed E-state index contributed by atoms with van der Waals surface area (Å²) < 4.78 is 0. The number of ketones is 1. The minimum absolute atomic E-state index is 0.0824. The van der Waals surface area contributed by atoms with Crippen molar-refractivity contribution >= 4 is 5.78 Å². The quantitative estimate of drug-likeness (QED) is 0.745. The maximum Gasteiger partial charge on any atom is 0.157 e. The molecule has 0 amide bonds. The lowest BCUT2D eigenvalue weighted by molar-refractivity contribution is -0.132. The molecule has 2 N–H and O–H groups in total. The molecule has 1 heterocycles. The van der Waals surface area contributed by atoms with Gasteiger partial charge in [0.15, 0.2) is 5.78 Å². The minimum atomic E-state index is -0.0824.